The summed E-state index contributed by atoms with van der Waals surface area (Å²) in [5.74, 6) is 6.03. The van der Waals surface area contributed by atoms with Crippen LogP contribution in [0.4, 0.5) is 4.39 Å². The first-order valence-electron chi connectivity index (χ1n) is 7.52. The average Bonchev–Trinajstić information content (AvgIpc) is 2.59. The Bertz CT molecular complexity index is 878. The van der Waals surface area contributed by atoms with Crippen LogP contribution < -0.4 is 0 Å². The maximum Gasteiger partial charge on any atom is 0.122 e. The summed E-state index contributed by atoms with van der Waals surface area (Å²) in [5, 5.41) is 0. The zero-order valence-electron chi connectivity index (χ0n) is 12.8. The molecule has 3 aromatic rings. The highest BCUT2D eigenvalue weighted by Gasteiger charge is 2.02. The molecule has 23 heavy (non-hydrogen) atoms. The number of hydrogen-bond acceptors (Lipinski definition) is 3. The molecule has 0 amide bonds. The van der Waals surface area contributed by atoms with Crippen molar-refractivity contribution in [2.24, 2.45) is 0 Å². The minimum Gasteiger partial charge on any atom is -0.253 e. The molecule has 0 aliphatic carbocycles. The summed E-state index contributed by atoms with van der Waals surface area (Å²) < 4.78 is 13.3. The van der Waals surface area contributed by atoms with E-state index in [0.717, 1.165) is 23.1 Å². The fourth-order valence-corrected chi connectivity index (χ4v) is 2.22. The predicted octanol–water partition coefficient (Wildman–Crippen LogP) is 4.04. The molecule has 0 aliphatic heterocycles. The Balaban J connectivity index is 1.66. The molecule has 0 bridgehead atoms. The number of hydrogen-bond donors (Lipinski definition) is 0. The van der Waals surface area contributed by atoms with Crippen LogP contribution in [0.1, 0.15) is 36.5 Å². The third-order valence-electron chi connectivity index (χ3n) is 3.46. The number of aromatic nitrogens is 3. The highest BCUT2D eigenvalue weighted by molar-refractivity contribution is 5.73. The quantitative estimate of drug-likeness (QED) is 0.685. The van der Waals surface area contributed by atoms with E-state index in [2.05, 4.69) is 26.8 Å². The summed E-state index contributed by atoms with van der Waals surface area (Å²) in [6, 6.07) is 11.1. The van der Waals surface area contributed by atoms with E-state index in [4.69, 9.17) is 0 Å². The van der Waals surface area contributed by atoms with Crippen LogP contribution in [0.2, 0.25) is 0 Å². The van der Waals surface area contributed by atoms with E-state index in [0.29, 0.717) is 17.7 Å². The SMILES string of the molecule is CC(F)c1ccnc(C#CCCc2cnc3ccccc3n2)c1. The smallest absolute Gasteiger partial charge is 0.122 e. The van der Waals surface area contributed by atoms with E-state index in [1.54, 1.807) is 24.5 Å². The van der Waals surface area contributed by atoms with Crippen molar-refractivity contribution >= 4 is 11.0 Å². The van der Waals surface area contributed by atoms with Crippen molar-refractivity contribution in [2.75, 3.05) is 0 Å². The number of nitrogens with zero attached hydrogens (tertiary/aromatic N) is 3. The number of para-hydroxylation sites is 2. The van der Waals surface area contributed by atoms with E-state index in [9.17, 15) is 4.39 Å². The Morgan fingerprint density at radius 3 is 2.78 bits per heavy atom. The molecule has 4 heteroatoms. The van der Waals surface area contributed by atoms with Crippen LogP contribution in [0.15, 0.2) is 48.8 Å². The fourth-order valence-electron chi connectivity index (χ4n) is 2.22. The van der Waals surface area contributed by atoms with Gasteiger partial charge >= 0.3 is 0 Å². The van der Waals surface area contributed by atoms with Crippen LogP contribution in [-0.4, -0.2) is 15.0 Å². The van der Waals surface area contributed by atoms with Gasteiger partial charge in [0.25, 0.3) is 0 Å². The van der Waals surface area contributed by atoms with E-state index >= 15 is 0 Å². The number of aryl methyl sites for hydroxylation is 1. The fraction of sp³-hybridized carbons (Fsp3) is 0.211. The van der Waals surface area contributed by atoms with Crippen molar-refractivity contribution < 1.29 is 4.39 Å². The van der Waals surface area contributed by atoms with Gasteiger partial charge in [-0.2, -0.15) is 0 Å². The van der Waals surface area contributed by atoms with Gasteiger partial charge in [0.15, 0.2) is 0 Å². The summed E-state index contributed by atoms with van der Waals surface area (Å²) in [6.07, 6.45) is 3.75. The lowest BCUT2D eigenvalue weighted by Gasteiger charge is -2.01. The number of halogens is 1. The Kier molecular flexibility index (Phi) is 4.58. The van der Waals surface area contributed by atoms with E-state index in [1.807, 2.05) is 24.3 Å². The average molecular weight is 305 g/mol. The number of alkyl halides is 1. The minimum atomic E-state index is -1.01. The summed E-state index contributed by atoms with van der Waals surface area (Å²) in [5.41, 5.74) is 3.89. The molecule has 3 nitrogen and oxygen atoms in total. The molecule has 2 aromatic heterocycles. The highest BCUT2D eigenvalue weighted by Crippen LogP contribution is 2.15. The second kappa shape index (κ2) is 6.97. The van der Waals surface area contributed by atoms with Gasteiger partial charge in [-0.05, 0) is 42.7 Å². The Labute approximate surface area is 134 Å². The van der Waals surface area contributed by atoms with Crippen LogP contribution in [0.3, 0.4) is 0 Å². The van der Waals surface area contributed by atoms with Gasteiger partial charge in [-0.25, -0.2) is 14.4 Å². The lowest BCUT2D eigenvalue weighted by Crippen LogP contribution is -1.93. The van der Waals surface area contributed by atoms with Crippen LogP contribution in [0, 0.1) is 11.8 Å². The van der Waals surface area contributed by atoms with Gasteiger partial charge in [0, 0.05) is 25.2 Å². The van der Waals surface area contributed by atoms with Crippen LogP contribution in [0.5, 0.6) is 0 Å². The molecule has 1 unspecified atom stereocenters. The largest absolute Gasteiger partial charge is 0.253 e. The van der Waals surface area contributed by atoms with Crippen LogP contribution in [0.25, 0.3) is 11.0 Å². The molecular weight excluding hydrogens is 289 g/mol. The number of fused-ring (bicyclic) bond motifs is 1. The molecule has 0 aliphatic rings. The lowest BCUT2D eigenvalue weighted by molar-refractivity contribution is 0.374. The third-order valence-corrected chi connectivity index (χ3v) is 3.46. The first-order valence-corrected chi connectivity index (χ1v) is 7.52. The van der Waals surface area contributed by atoms with Gasteiger partial charge in [0.1, 0.15) is 11.9 Å². The zero-order chi connectivity index (χ0) is 16.1. The second-order valence-corrected chi connectivity index (χ2v) is 5.24. The molecule has 0 spiro atoms. The third kappa shape index (κ3) is 3.89. The van der Waals surface area contributed by atoms with Crippen molar-refractivity contribution in [3.63, 3.8) is 0 Å². The molecule has 0 fully saturated rings. The maximum absolute atomic E-state index is 13.3. The molecule has 2 heterocycles. The van der Waals surface area contributed by atoms with Crippen molar-refractivity contribution in [3.05, 3.63) is 65.7 Å². The van der Waals surface area contributed by atoms with Gasteiger partial charge in [-0.15, -0.1) is 0 Å². The van der Waals surface area contributed by atoms with Crippen LogP contribution in [-0.2, 0) is 6.42 Å². The summed E-state index contributed by atoms with van der Waals surface area (Å²) in [4.78, 5) is 13.1. The first-order chi connectivity index (χ1) is 11.2. The van der Waals surface area contributed by atoms with Gasteiger partial charge < -0.3 is 0 Å². The van der Waals surface area contributed by atoms with Crippen molar-refractivity contribution in [1.82, 2.24) is 15.0 Å². The second-order valence-electron chi connectivity index (χ2n) is 5.24. The van der Waals surface area contributed by atoms with Gasteiger partial charge in [-0.1, -0.05) is 18.1 Å². The highest BCUT2D eigenvalue weighted by atomic mass is 19.1. The summed E-state index contributed by atoms with van der Waals surface area (Å²) in [7, 11) is 0. The van der Waals surface area contributed by atoms with E-state index in [-0.39, 0.29) is 0 Å². The molecule has 0 radical (unpaired) electrons. The normalized spacial score (nSPS) is 11.7. The molecule has 0 saturated carbocycles. The van der Waals surface area contributed by atoms with E-state index < -0.39 is 6.17 Å². The molecular formula is C19H16FN3. The number of rotatable bonds is 3. The Hall–Kier alpha value is -2.80. The Morgan fingerprint density at radius 2 is 1.96 bits per heavy atom. The predicted molar refractivity (Wildman–Crippen MR) is 88.5 cm³/mol. The standard InChI is InChI=1S/C19H16FN3/c1-14(20)15-10-11-21-16(12-15)6-2-3-7-17-13-22-18-8-4-5-9-19(18)23-17/h4-5,8-14H,3,7H2,1H3. The number of benzene rings is 1. The van der Waals surface area contributed by atoms with Gasteiger partial charge in [0.05, 0.1) is 16.7 Å². The van der Waals surface area contributed by atoms with Crippen molar-refractivity contribution in [2.45, 2.75) is 25.9 Å². The zero-order valence-corrected chi connectivity index (χ0v) is 12.8. The first kappa shape index (κ1) is 15.1. The topological polar surface area (TPSA) is 38.7 Å². The summed E-state index contributed by atoms with van der Waals surface area (Å²) in [6.45, 7) is 1.50. The Morgan fingerprint density at radius 1 is 1.13 bits per heavy atom. The maximum atomic E-state index is 13.3. The van der Waals surface area contributed by atoms with Crippen molar-refractivity contribution in [3.8, 4) is 11.8 Å². The van der Waals surface area contributed by atoms with Crippen molar-refractivity contribution in [1.29, 1.82) is 0 Å². The monoisotopic (exact) mass is 305 g/mol. The molecule has 114 valence electrons. The summed E-state index contributed by atoms with van der Waals surface area (Å²) >= 11 is 0. The van der Waals surface area contributed by atoms with Crippen LogP contribution >= 0.6 is 0 Å². The minimum absolute atomic E-state index is 0.594. The molecule has 0 saturated heterocycles. The van der Waals surface area contributed by atoms with E-state index in [1.165, 1.54) is 6.92 Å². The van der Waals surface area contributed by atoms with Gasteiger partial charge in [-0.3, -0.25) is 4.98 Å². The van der Waals surface area contributed by atoms with Gasteiger partial charge in [0.2, 0.25) is 0 Å². The molecule has 1 aromatic carbocycles. The molecule has 0 N–H and O–H groups in total. The lowest BCUT2D eigenvalue weighted by atomic mass is 10.1. The molecule has 1 atom stereocenters. The number of pyridine rings is 1. The molecule has 3 rings (SSSR count).